The number of aromatic nitrogens is 7. The molecule has 3 fully saturated rings. The number of nitrogens with zero attached hydrogens (tertiary/aromatic N) is 8. The molecule has 1 aromatic carbocycles. The van der Waals surface area contributed by atoms with Crippen molar-refractivity contribution >= 4 is 5.95 Å². The summed E-state index contributed by atoms with van der Waals surface area (Å²) in [4.78, 5) is 7.99. The Bertz CT molecular complexity index is 1150. The molecular weight excluding hydrogens is 425 g/mol. The molecule has 2 aliphatic heterocycles. The molecule has 0 unspecified atom stereocenters. The van der Waals surface area contributed by atoms with Gasteiger partial charge in [0.1, 0.15) is 17.6 Å². The third-order valence-corrected chi connectivity index (χ3v) is 6.91. The lowest BCUT2D eigenvalue weighted by Crippen LogP contribution is -2.62. The molecule has 6 rings (SSSR count). The molecule has 4 heterocycles. The topological polar surface area (TPSA) is 118 Å². The van der Waals surface area contributed by atoms with Crippen LogP contribution >= 0.6 is 0 Å². The third-order valence-electron chi connectivity index (χ3n) is 6.91. The van der Waals surface area contributed by atoms with E-state index in [4.69, 9.17) is 0 Å². The van der Waals surface area contributed by atoms with Gasteiger partial charge in [0.05, 0.1) is 19.3 Å². The smallest absolute Gasteiger partial charge is 0.245 e. The summed E-state index contributed by atoms with van der Waals surface area (Å²) in [5.74, 6) is 0.915. The van der Waals surface area contributed by atoms with Crippen molar-refractivity contribution in [3.05, 3.63) is 24.4 Å². The van der Waals surface area contributed by atoms with Gasteiger partial charge in [0, 0.05) is 29.3 Å². The molecule has 33 heavy (non-hydrogen) atoms. The number of aromatic hydroxyl groups is 1. The number of benzene rings is 1. The van der Waals surface area contributed by atoms with Crippen LogP contribution in [0, 0.1) is 0 Å². The fraction of sp³-hybridized carbons (Fsp3) is 0.545. The minimum atomic E-state index is -0.947. The molecule has 3 aromatic rings. The van der Waals surface area contributed by atoms with E-state index in [1.165, 1.54) is 4.80 Å². The Morgan fingerprint density at radius 3 is 2.73 bits per heavy atom. The lowest BCUT2D eigenvalue weighted by Gasteiger charge is -2.46. The lowest BCUT2D eigenvalue weighted by molar-refractivity contribution is 0.103. The van der Waals surface area contributed by atoms with E-state index in [1.807, 2.05) is 0 Å². The first-order chi connectivity index (χ1) is 16.1. The maximum absolute atomic E-state index is 15.4. The first-order valence-corrected chi connectivity index (χ1v) is 11.5. The summed E-state index contributed by atoms with van der Waals surface area (Å²) in [6.07, 6.45) is 6.52. The van der Waals surface area contributed by atoms with Gasteiger partial charge in [-0.1, -0.05) is 12.5 Å². The van der Waals surface area contributed by atoms with E-state index in [-0.39, 0.29) is 23.9 Å². The number of halogens is 1. The van der Waals surface area contributed by atoms with E-state index >= 15 is 4.39 Å². The number of piperidine rings is 2. The number of rotatable bonds is 5. The Kier molecular flexibility index (Phi) is 4.93. The molecule has 11 heteroatoms. The van der Waals surface area contributed by atoms with Crippen molar-refractivity contribution in [2.45, 2.75) is 68.9 Å². The molecule has 1 aliphatic carbocycles. The second-order valence-corrected chi connectivity index (χ2v) is 9.26. The van der Waals surface area contributed by atoms with Gasteiger partial charge in [-0.2, -0.15) is 4.80 Å². The average Bonchev–Trinajstić information content (AvgIpc) is 3.57. The Morgan fingerprint density at radius 2 is 2.03 bits per heavy atom. The Hall–Kier alpha value is -3.21. The van der Waals surface area contributed by atoms with E-state index in [9.17, 15) is 5.11 Å². The summed E-state index contributed by atoms with van der Waals surface area (Å²) in [5, 5.41) is 34.7. The number of aryl methyl sites for hydroxylation is 1. The highest BCUT2D eigenvalue weighted by Crippen LogP contribution is 2.39. The molecule has 2 bridgehead atoms. The molecule has 0 amide bonds. The molecule has 1 saturated carbocycles. The van der Waals surface area contributed by atoms with Gasteiger partial charge in [-0.25, -0.2) is 9.37 Å². The average molecular weight is 452 g/mol. The summed E-state index contributed by atoms with van der Waals surface area (Å²) < 4.78 is 15.4. The summed E-state index contributed by atoms with van der Waals surface area (Å²) in [6, 6.07) is 5.40. The van der Waals surface area contributed by atoms with Crippen LogP contribution in [-0.2, 0) is 7.05 Å². The van der Waals surface area contributed by atoms with Crippen LogP contribution in [0.15, 0.2) is 24.4 Å². The second kappa shape index (κ2) is 7.98. The second-order valence-electron chi connectivity index (χ2n) is 9.26. The van der Waals surface area contributed by atoms with Crippen LogP contribution in [0.3, 0.4) is 0 Å². The van der Waals surface area contributed by atoms with Gasteiger partial charge in [0.15, 0.2) is 0 Å². The van der Waals surface area contributed by atoms with Crippen LogP contribution in [0.5, 0.6) is 5.75 Å². The molecule has 2 aromatic heterocycles. The van der Waals surface area contributed by atoms with Crippen LogP contribution < -0.4 is 10.2 Å². The van der Waals surface area contributed by atoms with Gasteiger partial charge >= 0.3 is 0 Å². The Balaban J connectivity index is 1.26. The Labute approximate surface area is 190 Å². The van der Waals surface area contributed by atoms with E-state index in [0.717, 1.165) is 38.5 Å². The molecular formula is C22H26FN9O. The number of hydrogen-bond acceptors (Lipinski definition) is 9. The van der Waals surface area contributed by atoms with Gasteiger partial charge in [-0.3, -0.25) is 0 Å². The standard InChI is InChI=1S/C22H26FN9O/c1-31-29-21(27-30-31)12-5-8-15(19(33)9-12)17-11-24-22(28-26-17)32(14-6-7-14)18-10-13-3-2-4-16(25-13)20(18)23/h5,8-9,11,13-14,16,18,20,25,33H,2-4,6-7,10H2,1H3/t13-,16-,18+,20-/m0/s1. The summed E-state index contributed by atoms with van der Waals surface area (Å²) in [6.45, 7) is 0. The van der Waals surface area contributed by atoms with Gasteiger partial charge in [-0.05, 0) is 49.5 Å². The number of nitrogens with one attached hydrogen (secondary N) is 1. The quantitative estimate of drug-likeness (QED) is 0.601. The van der Waals surface area contributed by atoms with Gasteiger partial charge in [0.2, 0.25) is 11.8 Å². The number of phenols is 1. The predicted molar refractivity (Wildman–Crippen MR) is 118 cm³/mol. The van der Waals surface area contributed by atoms with Crippen LogP contribution in [0.4, 0.5) is 10.3 Å². The molecule has 10 nitrogen and oxygen atoms in total. The van der Waals surface area contributed by atoms with Crippen LogP contribution in [-0.4, -0.2) is 70.8 Å². The van der Waals surface area contributed by atoms with E-state index < -0.39 is 6.17 Å². The first-order valence-electron chi connectivity index (χ1n) is 11.5. The first kappa shape index (κ1) is 20.4. The molecule has 172 valence electrons. The molecule has 2 N–H and O–H groups in total. The zero-order chi connectivity index (χ0) is 22.5. The molecule has 4 atom stereocenters. The van der Waals surface area contributed by atoms with E-state index in [0.29, 0.717) is 34.6 Å². The number of phenolic OH excluding ortho intramolecular Hbond substituents is 1. The molecule has 3 aliphatic rings. The number of anilines is 1. The summed E-state index contributed by atoms with van der Waals surface area (Å²) in [7, 11) is 1.68. The maximum atomic E-state index is 15.4. The van der Waals surface area contributed by atoms with Crippen LogP contribution in [0.2, 0.25) is 0 Å². The highest BCUT2D eigenvalue weighted by atomic mass is 19.1. The Morgan fingerprint density at radius 1 is 1.15 bits per heavy atom. The van der Waals surface area contributed by atoms with Crippen molar-refractivity contribution in [2.24, 2.45) is 7.05 Å². The minimum Gasteiger partial charge on any atom is -0.507 e. The van der Waals surface area contributed by atoms with Crippen molar-refractivity contribution < 1.29 is 9.50 Å². The summed E-state index contributed by atoms with van der Waals surface area (Å²) >= 11 is 0. The molecule has 0 radical (unpaired) electrons. The van der Waals surface area contributed by atoms with Gasteiger partial charge in [-0.15, -0.1) is 20.4 Å². The highest BCUT2D eigenvalue weighted by Gasteiger charge is 2.47. The van der Waals surface area contributed by atoms with Gasteiger partial charge < -0.3 is 15.3 Å². The van der Waals surface area contributed by atoms with Crippen molar-refractivity contribution in [3.8, 4) is 28.4 Å². The van der Waals surface area contributed by atoms with Crippen LogP contribution in [0.1, 0.15) is 38.5 Å². The van der Waals surface area contributed by atoms with Crippen molar-refractivity contribution in [3.63, 3.8) is 0 Å². The van der Waals surface area contributed by atoms with Gasteiger partial charge in [0.25, 0.3) is 0 Å². The number of tetrazole rings is 1. The van der Waals surface area contributed by atoms with Crippen molar-refractivity contribution in [1.29, 1.82) is 0 Å². The summed E-state index contributed by atoms with van der Waals surface area (Å²) in [5.41, 5.74) is 1.60. The molecule has 2 saturated heterocycles. The largest absolute Gasteiger partial charge is 0.507 e. The fourth-order valence-electron chi connectivity index (χ4n) is 5.18. The third kappa shape index (κ3) is 3.79. The predicted octanol–water partition coefficient (Wildman–Crippen LogP) is 2.02. The zero-order valence-corrected chi connectivity index (χ0v) is 18.3. The lowest BCUT2D eigenvalue weighted by atomic mass is 9.82. The van der Waals surface area contributed by atoms with Crippen molar-refractivity contribution in [2.75, 3.05) is 4.90 Å². The SMILES string of the molecule is Cn1nnc(-c2ccc(-c3cnc(N(C4CC4)[C@@H]4C[C@@H]5CCC[C@H](N5)[C@@H]4F)nn3)c(O)c2)n1. The monoisotopic (exact) mass is 451 g/mol. The van der Waals surface area contributed by atoms with Crippen molar-refractivity contribution in [1.82, 2.24) is 40.7 Å². The highest BCUT2D eigenvalue weighted by molar-refractivity contribution is 5.71. The van der Waals surface area contributed by atoms with Crippen LogP contribution in [0.25, 0.3) is 22.6 Å². The number of fused-ring (bicyclic) bond motifs is 2. The normalized spacial score (nSPS) is 26.8. The number of hydrogen-bond donors (Lipinski definition) is 2. The zero-order valence-electron chi connectivity index (χ0n) is 18.3. The fourth-order valence-corrected chi connectivity index (χ4v) is 5.18. The van der Waals surface area contributed by atoms with E-state index in [1.54, 1.807) is 31.4 Å². The number of alkyl halides is 1. The molecule has 0 spiro atoms. The maximum Gasteiger partial charge on any atom is 0.245 e. The van der Waals surface area contributed by atoms with E-state index in [2.05, 4.69) is 40.8 Å². The minimum absolute atomic E-state index is 0.0258.